The molecule has 0 radical (unpaired) electrons. The summed E-state index contributed by atoms with van der Waals surface area (Å²) in [6, 6.07) is 23.2. The molecule has 0 bridgehead atoms. The van der Waals surface area contributed by atoms with E-state index in [1.807, 2.05) is 46.8 Å². The maximum atomic E-state index is 13.5. The average molecular weight is 1050 g/mol. The molecule has 0 fully saturated rings. The minimum atomic E-state index is -3.28. The molecule has 19 heteroatoms. The van der Waals surface area contributed by atoms with Gasteiger partial charge in [-0.2, -0.15) is 0 Å². The maximum Gasteiger partial charge on any atom is 0.229 e. The number of hydrogen-bond acceptors (Lipinski definition) is 14. The van der Waals surface area contributed by atoms with E-state index < -0.39 is 36.4 Å². The SMILES string of the molecule is CCS(=O)(=O)c1ccc(CC(N)=O)cc1.CCc1cc(C2(C)CCc3nc(Cl)ccc3C2=O)nc(C)n1.CCc1cc(C2(C)CCc3nc(NC(=O)Cc4ccc(S(=O)(=O)CC)cc4)ccc3C2=O)nc(C)n1. The average Bonchev–Trinajstić information content (AvgIpc) is 3.36. The van der Waals surface area contributed by atoms with Crippen LogP contribution in [0.3, 0.4) is 0 Å². The van der Waals surface area contributed by atoms with Gasteiger partial charge in [0.15, 0.2) is 31.2 Å². The van der Waals surface area contributed by atoms with E-state index >= 15 is 0 Å². The molecule has 2 amide bonds. The van der Waals surface area contributed by atoms with Gasteiger partial charge in [-0.3, -0.25) is 19.2 Å². The van der Waals surface area contributed by atoms with E-state index in [0.29, 0.717) is 64.3 Å². The summed E-state index contributed by atoms with van der Waals surface area (Å²) in [5.74, 6) is 1.18. The first-order valence-corrected chi connectivity index (χ1v) is 27.8. The predicted molar refractivity (Wildman–Crippen MR) is 279 cm³/mol. The van der Waals surface area contributed by atoms with E-state index in [1.54, 1.807) is 62.4 Å². The molecule has 16 nitrogen and oxygen atoms in total. The zero-order chi connectivity index (χ0) is 53.5. The molecular formula is C54H61ClN8O8S2. The Balaban J connectivity index is 0.000000199. The topological polar surface area (TPSA) is 252 Å². The highest BCUT2D eigenvalue weighted by molar-refractivity contribution is 7.91. The van der Waals surface area contributed by atoms with Crippen molar-refractivity contribution in [2.45, 2.75) is 127 Å². The van der Waals surface area contributed by atoms with Gasteiger partial charge in [0, 0.05) is 22.5 Å². The summed E-state index contributed by atoms with van der Waals surface area (Å²) in [7, 11) is -6.44. The molecule has 6 aromatic rings. The fourth-order valence-electron chi connectivity index (χ4n) is 8.61. The molecule has 3 N–H and O–H groups in total. The summed E-state index contributed by atoms with van der Waals surface area (Å²) < 4.78 is 46.8. The number of carbonyl (C=O) groups excluding carboxylic acids is 4. The lowest BCUT2D eigenvalue weighted by Gasteiger charge is -2.32. The van der Waals surface area contributed by atoms with Crippen LogP contribution in [0, 0.1) is 13.8 Å². The first-order chi connectivity index (χ1) is 34.4. The smallest absolute Gasteiger partial charge is 0.229 e. The number of aryl methyl sites for hydroxylation is 6. The van der Waals surface area contributed by atoms with Gasteiger partial charge in [0.25, 0.3) is 0 Å². The number of amides is 2. The number of carbonyl (C=O) groups is 4. The molecule has 2 unspecified atom stereocenters. The third kappa shape index (κ3) is 13.1. The minimum Gasteiger partial charge on any atom is -0.369 e. The Morgan fingerprint density at radius 2 is 1.03 bits per heavy atom. The van der Waals surface area contributed by atoms with Crippen LogP contribution in [0.4, 0.5) is 5.82 Å². The molecule has 0 saturated heterocycles. The van der Waals surface area contributed by atoms with Gasteiger partial charge in [0.2, 0.25) is 11.8 Å². The number of hydrogen-bond donors (Lipinski definition) is 2. The van der Waals surface area contributed by atoms with Gasteiger partial charge in [-0.05, 0) is 138 Å². The predicted octanol–water partition coefficient (Wildman–Crippen LogP) is 7.79. The van der Waals surface area contributed by atoms with Crippen molar-refractivity contribution in [2.75, 3.05) is 16.8 Å². The summed E-state index contributed by atoms with van der Waals surface area (Å²) in [5, 5.41) is 3.22. The fraction of sp³-hybridized carbons (Fsp3) is 0.370. The van der Waals surface area contributed by atoms with Crippen molar-refractivity contribution in [3.05, 3.63) is 158 Å². The Labute approximate surface area is 432 Å². The number of fused-ring (bicyclic) bond motifs is 2. The van der Waals surface area contributed by atoms with E-state index in [0.717, 1.165) is 53.3 Å². The molecule has 2 aromatic carbocycles. The molecule has 0 saturated carbocycles. The first kappa shape index (κ1) is 55.7. The number of nitrogens with two attached hydrogens (primary N) is 1. The summed E-state index contributed by atoms with van der Waals surface area (Å²) in [5.41, 5.74) is 11.1. The number of nitrogens with one attached hydrogen (secondary N) is 1. The number of aromatic nitrogens is 6. The molecule has 2 aliphatic carbocycles. The van der Waals surface area contributed by atoms with E-state index in [2.05, 4.69) is 42.1 Å². The van der Waals surface area contributed by atoms with E-state index in [1.165, 1.54) is 24.3 Å². The number of halogens is 1. The zero-order valence-electron chi connectivity index (χ0n) is 42.4. The number of pyridine rings is 2. The number of rotatable bonds is 13. The van der Waals surface area contributed by atoms with Crippen molar-refractivity contribution >= 4 is 60.5 Å². The normalized spacial score (nSPS) is 17.2. The zero-order valence-corrected chi connectivity index (χ0v) is 44.8. The van der Waals surface area contributed by atoms with Crippen molar-refractivity contribution in [3.8, 4) is 0 Å². The van der Waals surface area contributed by atoms with Gasteiger partial charge in [-0.1, -0.05) is 63.6 Å². The lowest BCUT2D eigenvalue weighted by Crippen LogP contribution is -2.39. The second-order valence-electron chi connectivity index (χ2n) is 18.4. The summed E-state index contributed by atoms with van der Waals surface area (Å²) in [4.78, 5) is 77.0. The summed E-state index contributed by atoms with van der Waals surface area (Å²) in [6.07, 6.45) is 4.36. The van der Waals surface area contributed by atoms with Crippen LogP contribution in [0.2, 0.25) is 5.15 Å². The van der Waals surface area contributed by atoms with Gasteiger partial charge in [0.1, 0.15) is 22.6 Å². The molecule has 4 aromatic heterocycles. The highest BCUT2D eigenvalue weighted by Crippen LogP contribution is 2.39. The third-order valence-corrected chi connectivity index (χ3v) is 16.8. The van der Waals surface area contributed by atoms with Gasteiger partial charge in [-0.25, -0.2) is 46.7 Å². The van der Waals surface area contributed by atoms with E-state index in [-0.39, 0.29) is 51.6 Å². The highest BCUT2D eigenvalue weighted by Gasteiger charge is 2.43. The minimum absolute atomic E-state index is 0.0248. The number of primary amides is 1. The van der Waals surface area contributed by atoms with Crippen molar-refractivity contribution in [1.29, 1.82) is 0 Å². The molecule has 2 atom stereocenters. The van der Waals surface area contributed by atoms with Crippen LogP contribution in [0.1, 0.15) is 132 Å². The molecule has 0 spiro atoms. The monoisotopic (exact) mass is 1050 g/mol. The van der Waals surface area contributed by atoms with Gasteiger partial charge in [0.05, 0.1) is 67.7 Å². The first-order valence-electron chi connectivity index (χ1n) is 24.1. The maximum absolute atomic E-state index is 13.5. The lowest BCUT2D eigenvalue weighted by atomic mass is 9.71. The Kier molecular flexibility index (Phi) is 17.6. The summed E-state index contributed by atoms with van der Waals surface area (Å²) >= 11 is 5.93. The highest BCUT2D eigenvalue weighted by atomic mass is 35.5. The number of Topliss-reactive ketones (excluding diaryl/α,β-unsaturated/α-hetero) is 2. The molecule has 2 aliphatic rings. The van der Waals surface area contributed by atoms with E-state index in [4.69, 9.17) is 17.3 Å². The van der Waals surface area contributed by atoms with Crippen LogP contribution in [-0.2, 0) is 78.6 Å². The van der Waals surface area contributed by atoms with Crippen LogP contribution in [0.5, 0.6) is 0 Å². The Morgan fingerprint density at radius 3 is 1.45 bits per heavy atom. The Morgan fingerprint density at radius 1 is 0.603 bits per heavy atom. The third-order valence-electron chi connectivity index (χ3n) is 13.1. The van der Waals surface area contributed by atoms with Gasteiger partial charge >= 0.3 is 0 Å². The van der Waals surface area contributed by atoms with Crippen LogP contribution < -0.4 is 11.1 Å². The molecule has 8 rings (SSSR count). The quantitative estimate of drug-likeness (QED) is 0.105. The van der Waals surface area contributed by atoms with Crippen molar-refractivity contribution in [1.82, 2.24) is 29.9 Å². The van der Waals surface area contributed by atoms with Crippen molar-refractivity contribution < 1.29 is 36.0 Å². The Bertz CT molecular complexity index is 3300. The number of ketones is 2. The van der Waals surface area contributed by atoms with Crippen molar-refractivity contribution in [2.24, 2.45) is 5.73 Å². The number of anilines is 1. The standard InChI is InChI=1S/C27H30N4O4S.C17H18ClN3O.C10H13NO3S/c1-5-19-16-23(29-17(3)28-19)27(4)14-13-22-21(26(27)33)11-12-24(30-22)31-25(32)15-18-7-9-20(10-8-18)36(34,35)6-2;1-4-11-9-14(20-10(2)19-11)17(3)8-7-13-12(16(17)22)5-6-15(18)21-13;1-2-15(13,14)9-5-3-8(4-6-9)7-10(11)12/h7-12,16H,5-6,13-15H2,1-4H3,(H,30,31,32);5-6,9H,4,7-8H2,1-3H3;3-6H,2,7H2,1H3,(H2,11,12). The van der Waals surface area contributed by atoms with Crippen LogP contribution >= 0.6 is 11.6 Å². The second kappa shape index (κ2) is 23.1. The molecular weight excluding hydrogens is 988 g/mol. The van der Waals surface area contributed by atoms with Crippen LogP contribution in [0.15, 0.2) is 94.7 Å². The fourth-order valence-corrected chi connectivity index (χ4v) is 10.5. The van der Waals surface area contributed by atoms with Crippen LogP contribution in [0.25, 0.3) is 0 Å². The molecule has 384 valence electrons. The summed E-state index contributed by atoms with van der Waals surface area (Å²) in [6.45, 7) is 14.9. The van der Waals surface area contributed by atoms with Crippen LogP contribution in [-0.4, -0.2) is 81.6 Å². The molecule has 73 heavy (non-hydrogen) atoms. The van der Waals surface area contributed by atoms with Gasteiger partial charge < -0.3 is 11.1 Å². The van der Waals surface area contributed by atoms with Crippen molar-refractivity contribution in [3.63, 3.8) is 0 Å². The van der Waals surface area contributed by atoms with E-state index in [9.17, 15) is 36.0 Å². The van der Waals surface area contributed by atoms with Gasteiger partial charge in [-0.15, -0.1) is 0 Å². The largest absolute Gasteiger partial charge is 0.369 e. The number of nitrogens with zero attached hydrogens (tertiary/aromatic N) is 6. The Hall–Kier alpha value is -6.63. The lowest BCUT2D eigenvalue weighted by molar-refractivity contribution is -0.117. The molecule has 0 aliphatic heterocycles. The number of benzene rings is 2. The molecule has 4 heterocycles. The number of sulfone groups is 2. The second-order valence-corrected chi connectivity index (χ2v) is 23.3.